The number of rotatable bonds is 7. The third-order valence-corrected chi connectivity index (χ3v) is 5.86. The van der Waals surface area contributed by atoms with E-state index in [1.165, 1.54) is 0 Å². The fraction of sp³-hybridized carbons (Fsp3) is 0.600. The van der Waals surface area contributed by atoms with Gasteiger partial charge in [0.1, 0.15) is 5.75 Å². The van der Waals surface area contributed by atoms with E-state index in [0.29, 0.717) is 38.8 Å². The van der Waals surface area contributed by atoms with Crippen LogP contribution in [0.3, 0.4) is 0 Å². The number of ether oxygens (including phenoxy) is 1. The highest BCUT2D eigenvalue weighted by atomic mass is 16.5. The van der Waals surface area contributed by atoms with Gasteiger partial charge in [-0.25, -0.2) is 0 Å². The normalized spacial score (nSPS) is 24.8. The number of methoxy groups -OCH3 is 1. The minimum atomic E-state index is -1.51. The van der Waals surface area contributed by atoms with Crippen LogP contribution in [0.5, 0.6) is 5.75 Å². The number of carbonyl (C=O) groups is 2. The van der Waals surface area contributed by atoms with Gasteiger partial charge in [0, 0.05) is 19.6 Å². The first-order chi connectivity index (χ1) is 12.9. The van der Waals surface area contributed by atoms with E-state index in [9.17, 15) is 14.7 Å². The van der Waals surface area contributed by atoms with Gasteiger partial charge in [-0.15, -0.1) is 0 Å². The van der Waals surface area contributed by atoms with Crippen LogP contribution < -0.4 is 15.8 Å². The molecule has 148 valence electrons. The van der Waals surface area contributed by atoms with Crippen LogP contribution in [-0.4, -0.2) is 53.2 Å². The maximum atomic E-state index is 13.0. The van der Waals surface area contributed by atoms with Gasteiger partial charge >= 0.3 is 0 Å². The van der Waals surface area contributed by atoms with Crippen molar-refractivity contribution in [1.82, 2.24) is 10.2 Å². The van der Waals surface area contributed by atoms with Gasteiger partial charge in [0.25, 0.3) is 5.91 Å². The van der Waals surface area contributed by atoms with Crippen molar-refractivity contribution in [1.29, 1.82) is 0 Å². The number of amides is 2. The molecule has 2 fully saturated rings. The molecule has 0 aromatic heterocycles. The van der Waals surface area contributed by atoms with Crippen LogP contribution in [-0.2, 0) is 16.1 Å². The fourth-order valence-electron chi connectivity index (χ4n) is 4.18. The molecule has 2 amide bonds. The number of hydrogen-bond donors (Lipinski definition) is 3. The second-order valence-corrected chi connectivity index (χ2v) is 7.72. The lowest BCUT2D eigenvalue weighted by Crippen LogP contribution is -2.63. The van der Waals surface area contributed by atoms with Gasteiger partial charge in [-0.1, -0.05) is 25.0 Å². The van der Waals surface area contributed by atoms with Gasteiger partial charge in [0.15, 0.2) is 5.60 Å². The summed E-state index contributed by atoms with van der Waals surface area (Å²) in [6, 6.07) is 7.56. The van der Waals surface area contributed by atoms with E-state index in [4.69, 9.17) is 10.5 Å². The van der Waals surface area contributed by atoms with E-state index < -0.39 is 17.0 Å². The van der Waals surface area contributed by atoms with Crippen molar-refractivity contribution in [2.24, 2.45) is 5.73 Å². The van der Waals surface area contributed by atoms with Gasteiger partial charge < -0.3 is 20.5 Å². The summed E-state index contributed by atoms with van der Waals surface area (Å²) >= 11 is 0. The average Bonchev–Trinajstić information content (AvgIpc) is 3.15. The Labute approximate surface area is 159 Å². The summed E-state index contributed by atoms with van der Waals surface area (Å²) in [5.41, 5.74) is 4.23. The third kappa shape index (κ3) is 4.09. The summed E-state index contributed by atoms with van der Waals surface area (Å²) in [5.74, 6) is 0.0281. The SMILES string of the molecule is COc1cccc(CN2CCC[C@@](O)(CNC3(C(N)=O)CCCC3)C2=O)c1. The van der Waals surface area contributed by atoms with Crippen molar-refractivity contribution in [2.45, 2.75) is 56.2 Å². The lowest BCUT2D eigenvalue weighted by atomic mass is 9.88. The zero-order chi connectivity index (χ0) is 19.5. The summed E-state index contributed by atoms with van der Waals surface area (Å²) in [4.78, 5) is 26.6. The predicted molar refractivity (Wildman–Crippen MR) is 101 cm³/mol. The van der Waals surface area contributed by atoms with Crippen LogP contribution in [0.25, 0.3) is 0 Å². The van der Waals surface area contributed by atoms with E-state index in [1.54, 1.807) is 12.0 Å². The van der Waals surface area contributed by atoms with E-state index in [2.05, 4.69) is 5.32 Å². The first kappa shape index (κ1) is 19.6. The molecule has 7 nitrogen and oxygen atoms in total. The molecule has 0 unspecified atom stereocenters. The lowest BCUT2D eigenvalue weighted by Gasteiger charge is -2.40. The summed E-state index contributed by atoms with van der Waals surface area (Å²) in [7, 11) is 1.60. The first-order valence-electron chi connectivity index (χ1n) is 9.58. The van der Waals surface area contributed by atoms with Crippen LogP contribution in [0.4, 0.5) is 0 Å². The smallest absolute Gasteiger partial charge is 0.256 e. The maximum Gasteiger partial charge on any atom is 0.256 e. The van der Waals surface area contributed by atoms with Gasteiger partial charge in [-0.3, -0.25) is 14.9 Å². The molecule has 0 spiro atoms. The van der Waals surface area contributed by atoms with Gasteiger partial charge in [-0.2, -0.15) is 0 Å². The molecule has 0 radical (unpaired) electrons. The Kier molecular flexibility index (Phi) is 5.72. The number of nitrogens with two attached hydrogens (primary N) is 1. The summed E-state index contributed by atoms with van der Waals surface area (Å²) in [6.07, 6.45) is 4.23. The van der Waals surface area contributed by atoms with Gasteiger partial charge in [-0.05, 0) is 43.4 Å². The Hall–Kier alpha value is -2.12. The number of piperidine rings is 1. The zero-order valence-corrected chi connectivity index (χ0v) is 15.9. The number of primary amides is 1. The number of nitrogens with zero attached hydrogens (tertiary/aromatic N) is 1. The molecule has 1 aliphatic carbocycles. The molecule has 1 aliphatic heterocycles. The van der Waals surface area contributed by atoms with Gasteiger partial charge in [0.2, 0.25) is 5.91 Å². The number of benzene rings is 1. The summed E-state index contributed by atoms with van der Waals surface area (Å²) < 4.78 is 5.23. The number of aliphatic hydroxyl groups is 1. The molecule has 1 saturated heterocycles. The number of hydrogen-bond acceptors (Lipinski definition) is 5. The van der Waals surface area contributed by atoms with E-state index in [0.717, 1.165) is 24.2 Å². The summed E-state index contributed by atoms with van der Waals surface area (Å²) in [6.45, 7) is 1.06. The lowest BCUT2D eigenvalue weighted by molar-refractivity contribution is -0.158. The Balaban J connectivity index is 1.68. The highest BCUT2D eigenvalue weighted by molar-refractivity contribution is 5.87. The Bertz CT molecular complexity index is 702. The zero-order valence-electron chi connectivity index (χ0n) is 15.9. The highest BCUT2D eigenvalue weighted by Gasteiger charge is 2.46. The predicted octanol–water partition coefficient (Wildman–Crippen LogP) is 0.936. The van der Waals surface area contributed by atoms with Crippen molar-refractivity contribution in [3.05, 3.63) is 29.8 Å². The minimum Gasteiger partial charge on any atom is -0.497 e. The van der Waals surface area contributed by atoms with Crippen molar-refractivity contribution in [3.63, 3.8) is 0 Å². The molecular formula is C20H29N3O4. The van der Waals surface area contributed by atoms with Crippen molar-refractivity contribution < 1.29 is 19.4 Å². The van der Waals surface area contributed by atoms with E-state index in [1.807, 2.05) is 24.3 Å². The number of likely N-dealkylation sites (tertiary alicyclic amines) is 1. The van der Waals surface area contributed by atoms with E-state index in [-0.39, 0.29) is 12.5 Å². The number of carbonyl (C=O) groups excluding carboxylic acids is 2. The molecule has 7 heteroatoms. The standard InChI is InChI=1S/C20H29N3O4/c1-27-16-7-4-6-15(12-16)13-23-11-5-10-20(26,18(23)25)14-22-19(17(21)24)8-2-3-9-19/h4,6-7,12,22,26H,2-3,5,8-11,13-14H2,1H3,(H2,21,24)/t20-/m1/s1. The van der Waals surface area contributed by atoms with Gasteiger partial charge in [0.05, 0.1) is 12.6 Å². The third-order valence-electron chi connectivity index (χ3n) is 5.86. The van der Waals surface area contributed by atoms with Crippen molar-refractivity contribution in [3.8, 4) is 5.75 Å². The topological polar surface area (TPSA) is 105 Å². The molecule has 1 aromatic carbocycles. The molecule has 4 N–H and O–H groups in total. The minimum absolute atomic E-state index is 0.0450. The molecule has 1 aromatic rings. The van der Waals surface area contributed by atoms with Crippen LogP contribution in [0.1, 0.15) is 44.1 Å². The number of β-amino-alcohol motifs (C(OH)–C–C–N with tert-alkyl or cyclic N) is 1. The number of nitrogens with one attached hydrogen (secondary N) is 1. The highest BCUT2D eigenvalue weighted by Crippen LogP contribution is 2.31. The maximum absolute atomic E-state index is 13.0. The quantitative estimate of drug-likeness (QED) is 0.658. The Morgan fingerprint density at radius 1 is 1.30 bits per heavy atom. The first-order valence-corrected chi connectivity index (χ1v) is 9.58. The monoisotopic (exact) mass is 375 g/mol. The van der Waals surface area contributed by atoms with Crippen LogP contribution in [0, 0.1) is 0 Å². The van der Waals surface area contributed by atoms with Crippen molar-refractivity contribution in [2.75, 3.05) is 20.2 Å². The summed E-state index contributed by atoms with van der Waals surface area (Å²) in [5, 5.41) is 14.2. The Morgan fingerprint density at radius 2 is 2.04 bits per heavy atom. The van der Waals surface area contributed by atoms with Crippen LogP contribution in [0.2, 0.25) is 0 Å². The Morgan fingerprint density at radius 3 is 2.70 bits per heavy atom. The molecule has 2 aliphatic rings. The average molecular weight is 375 g/mol. The molecular weight excluding hydrogens is 346 g/mol. The molecule has 1 heterocycles. The molecule has 3 rings (SSSR count). The fourth-order valence-corrected chi connectivity index (χ4v) is 4.18. The van der Waals surface area contributed by atoms with E-state index >= 15 is 0 Å². The second kappa shape index (κ2) is 7.86. The molecule has 1 atom stereocenters. The molecule has 0 bridgehead atoms. The largest absolute Gasteiger partial charge is 0.497 e. The van der Waals surface area contributed by atoms with Crippen LogP contribution >= 0.6 is 0 Å². The van der Waals surface area contributed by atoms with Crippen molar-refractivity contribution >= 4 is 11.8 Å². The molecule has 27 heavy (non-hydrogen) atoms. The van der Waals surface area contributed by atoms with Crippen LogP contribution in [0.15, 0.2) is 24.3 Å². The second-order valence-electron chi connectivity index (χ2n) is 7.72. The molecule has 1 saturated carbocycles.